The highest BCUT2D eigenvalue weighted by molar-refractivity contribution is 6.34. The first kappa shape index (κ1) is 21.7. The maximum atomic E-state index is 12.6. The highest BCUT2D eigenvalue weighted by atomic mass is 16.5. The van der Waals surface area contributed by atoms with E-state index < -0.39 is 17.9 Å². The van der Waals surface area contributed by atoms with Crippen LogP contribution in [0, 0.1) is 0 Å². The van der Waals surface area contributed by atoms with Crippen molar-refractivity contribution in [2.45, 2.75) is 27.7 Å². The molecule has 0 atom stereocenters. The number of ether oxygens (including phenoxy) is 1. The number of nitrogen functional groups attached to an aromatic ring is 1. The van der Waals surface area contributed by atoms with Crippen molar-refractivity contribution >= 4 is 35.0 Å². The third-order valence-corrected chi connectivity index (χ3v) is 3.50. The van der Waals surface area contributed by atoms with Gasteiger partial charge in [-0.15, -0.1) is 0 Å². The van der Waals surface area contributed by atoms with Gasteiger partial charge in [-0.3, -0.25) is 14.9 Å². The van der Waals surface area contributed by atoms with Crippen molar-refractivity contribution in [3.05, 3.63) is 54.2 Å². The normalized spacial score (nSPS) is 13.6. The molecule has 1 aliphatic heterocycles. The van der Waals surface area contributed by atoms with Crippen LogP contribution in [-0.2, 0) is 14.3 Å². The maximum absolute atomic E-state index is 12.6. The number of carbonyl (C=O) groups is 3. The summed E-state index contributed by atoms with van der Waals surface area (Å²) in [6, 6.07) is 4.47. The Morgan fingerprint density at radius 1 is 1.26 bits per heavy atom. The minimum absolute atomic E-state index is 0.200. The van der Waals surface area contributed by atoms with Gasteiger partial charge in [-0.1, -0.05) is 38.7 Å². The topological polar surface area (TPSA) is 102 Å². The SMILES string of the molecule is C=CC1=C(/C=C\C)C(=O)N(c2ccc(NC(=O)OCC)c(N)c2)C1=O.CC. The molecule has 0 fully saturated rings. The summed E-state index contributed by atoms with van der Waals surface area (Å²) < 4.78 is 4.78. The Morgan fingerprint density at radius 3 is 2.41 bits per heavy atom. The fraction of sp³-hybridized carbons (Fsp3) is 0.250. The number of amides is 3. The van der Waals surface area contributed by atoms with Crippen molar-refractivity contribution < 1.29 is 19.1 Å². The van der Waals surface area contributed by atoms with Crippen LogP contribution in [0.25, 0.3) is 0 Å². The summed E-state index contributed by atoms with van der Waals surface area (Å²) >= 11 is 0. The lowest BCUT2D eigenvalue weighted by atomic mass is 10.1. The quantitative estimate of drug-likeness (QED) is 0.605. The number of nitrogens with two attached hydrogens (primary N) is 1. The summed E-state index contributed by atoms with van der Waals surface area (Å²) in [5.41, 5.74) is 7.25. The predicted octanol–water partition coefficient (Wildman–Crippen LogP) is 3.80. The number of rotatable bonds is 5. The molecule has 0 saturated heterocycles. The second-order valence-electron chi connectivity index (χ2n) is 5.09. The smallest absolute Gasteiger partial charge is 0.411 e. The number of anilines is 3. The molecule has 3 amide bonds. The Labute approximate surface area is 159 Å². The van der Waals surface area contributed by atoms with E-state index in [-0.39, 0.29) is 23.4 Å². The highest BCUT2D eigenvalue weighted by Gasteiger charge is 2.36. The van der Waals surface area contributed by atoms with E-state index in [1.807, 2.05) is 13.8 Å². The van der Waals surface area contributed by atoms with Gasteiger partial charge in [0.05, 0.1) is 34.8 Å². The average Bonchev–Trinajstić information content (AvgIpc) is 2.89. The van der Waals surface area contributed by atoms with Gasteiger partial charge in [0.15, 0.2) is 0 Å². The number of benzene rings is 1. The van der Waals surface area contributed by atoms with E-state index >= 15 is 0 Å². The van der Waals surface area contributed by atoms with Crippen molar-refractivity contribution in [1.82, 2.24) is 0 Å². The number of imide groups is 1. The third-order valence-electron chi connectivity index (χ3n) is 3.50. The summed E-state index contributed by atoms with van der Waals surface area (Å²) in [6.45, 7) is 11.3. The molecule has 1 aliphatic rings. The third kappa shape index (κ3) is 4.63. The van der Waals surface area contributed by atoms with E-state index in [1.54, 1.807) is 26.0 Å². The minimum atomic E-state index is -0.638. The molecule has 0 spiro atoms. The second-order valence-corrected chi connectivity index (χ2v) is 5.09. The largest absolute Gasteiger partial charge is 0.450 e. The average molecular weight is 371 g/mol. The molecule has 0 bridgehead atoms. The Kier molecular flexibility index (Phi) is 8.00. The zero-order valence-electron chi connectivity index (χ0n) is 16.0. The standard InChI is InChI=1S/C18H19N3O4.C2H6/c1-4-7-13-12(5-2)16(22)21(17(13)23)11-8-9-15(14(19)10-11)20-18(24)25-6-3;1-2/h4-5,7-10H,2,6,19H2,1,3H3,(H,20,24);1-2H3/b7-4-;. The van der Waals surface area contributed by atoms with Crippen LogP contribution in [0.2, 0.25) is 0 Å². The Morgan fingerprint density at radius 2 is 1.89 bits per heavy atom. The molecule has 7 nitrogen and oxygen atoms in total. The summed E-state index contributed by atoms with van der Waals surface area (Å²) in [5, 5.41) is 2.49. The van der Waals surface area contributed by atoms with Crippen molar-refractivity contribution in [1.29, 1.82) is 0 Å². The van der Waals surface area contributed by atoms with Crippen LogP contribution in [0.15, 0.2) is 54.2 Å². The molecule has 1 aromatic rings. The van der Waals surface area contributed by atoms with Gasteiger partial charge < -0.3 is 10.5 Å². The number of nitrogens with one attached hydrogen (secondary N) is 1. The molecular weight excluding hydrogens is 346 g/mol. The first-order valence-electron chi connectivity index (χ1n) is 8.66. The Balaban J connectivity index is 0.00000176. The van der Waals surface area contributed by atoms with Crippen molar-refractivity contribution in [3.63, 3.8) is 0 Å². The molecule has 1 aromatic carbocycles. The van der Waals surface area contributed by atoms with Crippen LogP contribution >= 0.6 is 0 Å². The van der Waals surface area contributed by atoms with Crippen LogP contribution in [0.3, 0.4) is 0 Å². The van der Waals surface area contributed by atoms with Gasteiger partial charge >= 0.3 is 6.09 Å². The van der Waals surface area contributed by atoms with E-state index in [0.29, 0.717) is 11.4 Å². The van der Waals surface area contributed by atoms with E-state index in [1.165, 1.54) is 24.3 Å². The number of allylic oxidation sites excluding steroid dienone is 1. The monoisotopic (exact) mass is 371 g/mol. The summed E-state index contributed by atoms with van der Waals surface area (Å²) in [6.07, 6.45) is 3.96. The molecule has 3 N–H and O–H groups in total. The van der Waals surface area contributed by atoms with Crippen LogP contribution < -0.4 is 16.0 Å². The fourth-order valence-corrected chi connectivity index (χ4v) is 2.40. The zero-order valence-corrected chi connectivity index (χ0v) is 16.0. The molecule has 0 aromatic heterocycles. The number of carbonyl (C=O) groups excluding carboxylic acids is 3. The first-order chi connectivity index (χ1) is 12.9. The second kappa shape index (κ2) is 9.96. The van der Waals surface area contributed by atoms with E-state index in [0.717, 1.165) is 4.90 Å². The van der Waals surface area contributed by atoms with Crippen LogP contribution in [0.4, 0.5) is 21.9 Å². The molecular formula is C20H25N3O4. The summed E-state index contributed by atoms with van der Waals surface area (Å²) in [7, 11) is 0. The maximum Gasteiger partial charge on any atom is 0.411 e. The minimum Gasteiger partial charge on any atom is -0.450 e. The molecule has 0 unspecified atom stereocenters. The Bertz CT molecular complexity index is 809. The van der Waals surface area contributed by atoms with Gasteiger partial charge in [0, 0.05) is 0 Å². The first-order valence-corrected chi connectivity index (χ1v) is 8.66. The summed E-state index contributed by atoms with van der Waals surface area (Å²) in [5.74, 6) is -0.929. The number of hydrogen-bond acceptors (Lipinski definition) is 5. The fourth-order valence-electron chi connectivity index (χ4n) is 2.40. The number of nitrogens with zero attached hydrogens (tertiary/aromatic N) is 1. The molecule has 7 heteroatoms. The van der Waals surface area contributed by atoms with E-state index in [2.05, 4.69) is 11.9 Å². The van der Waals surface area contributed by atoms with Crippen LogP contribution in [0.5, 0.6) is 0 Å². The number of hydrogen-bond donors (Lipinski definition) is 2. The molecule has 2 rings (SSSR count). The Hall–Kier alpha value is -3.35. The van der Waals surface area contributed by atoms with Gasteiger partial charge in [-0.05, 0) is 32.0 Å². The molecule has 0 saturated carbocycles. The van der Waals surface area contributed by atoms with Crippen LogP contribution in [0.1, 0.15) is 27.7 Å². The van der Waals surface area contributed by atoms with Crippen molar-refractivity contribution in [2.75, 3.05) is 22.6 Å². The molecule has 0 aliphatic carbocycles. The van der Waals surface area contributed by atoms with Gasteiger partial charge in [-0.2, -0.15) is 0 Å². The molecule has 1 heterocycles. The van der Waals surface area contributed by atoms with E-state index in [4.69, 9.17) is 10.5 Å². The predicted molar refractivity (Wildman–Crippen MR) is 107 cm³/mol. The lowest BCUT2D eigenvalue weighted by Crippen LogP contribution is -2.31. The lowest BCUT2D eigenvalue weighted by molar-refractivity contribution is -0.120. The van der Waals surface area contributed by atoms with Gasteiger partial charge in [-0.25, -0.2) is 9.69 Å². The van der Waals surface area contributed by atoms with Gasteiger partial charge in [0.1, 0.15) is 0 Å². The lowest BCUT2D eigenvalue weighted by Gasteiger charge is -2.17. The van der Waals surface area contributed by atoms with Crippen molar-refractivity contribution in [3.8, 4) is 0 Å². The summed E-state index contributed by atoms with van der Waals surface area (Å²) in [4.78, 5) is 37.6. The van der Waals surface area contributed by atoms with Gasteiger partial charge in [0.2, 0.25) is 0 Å². The molecule has 0 radical (unpaired) electrons. The highest BCUT2D eigenvalue weighted by Crippen LogP contribution is 2.32. The van der Waals surface area contributed by atoms with E-state index in [9.17, 15) is 14.4 Å². The van der Waals surface area contributed by atoms with Crippen LogP contribution in [-0.4, -0.2) is 24.5 Å². The molecule has 144 valence electrons. The molecule has 27 heavy (non-hydrogen) atoms. The zero-order chi connectivity index (χ0) is 20.6. The van der Waals surface area contributed by atoms with Gasteiger partial charge in [0.25, 0.3) is 11.8 Å². The van der Waals surface area contributed by atoms with Crippen molar-refractivity contribution in [2.24, 2.45) is 0 Å².